The van der Waals surface area contributed by atoms with E-state index in [2.05, 4.69) is 26.0 Å². The van der Waals surface area contributed by atoms with Gasteiger partial charge in [-0.3, -0.25) is 9.67 Å². The van der Waals surface area contributed by atoms with Crippen molar-refractivity contribution in [3.05, 3.63) is 35.3 Å². The van der Waals surface area contributed by atoms with Crippen molar-refractivity contribution in [2.45, 2.75) is 32.1 Å². The molecule has 3 rings (SSSR count). The quantitative estimate of drug-likeness (QED) is 0.829. The molecule has 1 aliphatic rings. The second kappa shape index (κ2) is 7.15. The zero-order valence-corrected chi connectivity index (χ0v) is 13.3. The van der Waals surface area contributed by atoms with Gasteiger partial charge in [-0.1, -0.05) is 0 Å². The summed E-state index contributed by atoms with van der Waals surface area (Å²) >= 11 is 3.43. The van der Waals surface area contributed by atoms with Gasteiger partial charge in [0.05, 0.1) is 19.3 Å². The summed E-state index contributed by atoms with van der Waals surface area (Å²) in [5.74, 6) is 0. The fourth-order valence-electron chi connectivity index (χ4n) is 2.32. The Balaban J connectivity index is 1.53. The molecule has 6 heteroatoms. The first kappa shape index (κ1) is 14.7. The first-order valence-electron chi connectivity index (χ1n) is 7.18. The molecule has 112 valence electrons. The monoisotopic (exact) mass is 351 g/mol. The van der Waals surface area contributed by atoms with Crippen molar-refractivity contribution in [2.75, 3.05) is 13.2 Å². The van der Waals surface area contributed by atoms with Gasteiger partial charge < -0.3 is 9.47 Å². The SMILES string of the molecule is Brc1cncc(-c2cnn(CCOC3CCCCO3)c2)c1. The molecule has 2 aromatic rings. The molecule has 0 bridgehead atoms. The Kier molecular flexibility index (Phi) is 5.00. The standard InChI is InChI=1S/C15H18BrN3O2/c16-14-7-12(8-17-10-14)13-9-18-19(11-13)4-6-21-15-3-1-2-5-20-15/h7-11,15H,1-6H2. The lowest BCUT2D eigenvalue weighted by Gasteiger charge is -2.22. The fourth-order valence-corrected chi connectivity index (χ4v) is 2.69. The van der Waals surface area contributed by atoms with Crippen molar-refractivity contribution >= 4 is 15.9 Å². The van der Waals surface area contributed by atoms with Gasteiger partial charge in [0.2, 0.25) is 0 Å². The molecule has 1 aliphatic heterocycles. The molecule has 0 aromatic carbocycles. The van der Waals surface area contributed by atoms with E-state index in [9.17, 15) is 0 Å². The maximum absolute atomic E-state index is 5.72. The summed E-state index contributed by atoms with van der Waals surface area (Å²) in [6.07, 6.45) is 10.7. The smallest absolute Gasteiger partial charge is 0.157 e. The average molecular weight is 352 g/mol. The van der Waals surface area contributed by atoms with Crippen LogP contribution in [-0.4, -0.2) is 34.3 Å². The van der Waals surface area contributed by atoms with E-state index in [-0.39, 0.29) is 6.29 Å². The van der Waals surface area contributed by atoms with Gasteiger partial charge >= 0.3 is 0 Å². The Hall–Kier alpha value is -1.24. The number of ether oxygens (including phenoxy) is 2. The molecule has 21 heavy (non-hydrogen) atoms. The summed E-state index contributed by atoms with van der Waals surface area (Å²) in [7, 11) is 0. The molecular formula is C15H18BrN3O2. The van der Waals surface area contributed by atoms with Crippen LogP contribution in [0.1, 0.15) is 19.3 Å². The Morgan fingerprint density at radius 1 is 1.29 bits per heavy atom. The fraction of sp³-hybridized carbons (Fsp3) is 0.467. The molecule has 0 spiro atoms. The van der Waals surface area contributed by atoms with E-state index in [0.717, 1.165) is 41.6 Å². The van der Waals surface area contributed by atoms with Crippen LogP contribution in [0.3, 0.4) is 0 Å². The van der Waals surface area contributed by atoms with Crippen LogP contribution in [0.25, 0.3) is 11.1 Å². The van der Waals surface area contributed by atoms with Gasteiger partial charge in [0.15, 0.2) is 6.29 Å². The van der Waals surface area contributed by atoms with E-state index in [4.69, 9.17) is 9.47 Å². The van der Waals surface area contributed by atoms with E-state index in [1.807, 2.05) is 29.3 Å². The molecule has 1 unspecified atom stereocenters. The number of aromatic nitrogens is 3. The Labute approximate surface area is 132 Å². The lowest BCUT2D eigenvalue weighted by molar-refractivity contribution is -0.163. The van der Waals surface area contributed by atoms with Crippen molar-refractivity contribution in [1.82, 2.24) is 14.8 Å². The average Bonchev–Trinajstić information content (AvgIpc) is 2.97. The molecule has 5 nitrogen and oxygen atoms in total. The molecule has 0 aliphatic carbocycles. The van der Waals surface area contributed by atoms with Crippen molar-refractivity contribution in [2.24, 2.45) is 0 Å². The minimum Gasteiger partial charge on any atom is -0.353 e. The number of nitrogens with zero attached hydrogens (tertiary/aromatic N) is 3. The molecule has 0 amide bonds. The number of rotatable bonds is 5. The van der Waals surface area contributed by atoms with Gasteiger partial charge in [-0.25, -0.2) is 0 Å². The maximum atomic E-state index is 5.72. The lowest BCUT2D eigenvalue weighted by atomic mass is 10.2. The topological polar surface area (TPSA) is 49.2 Å². The zero-order chi connectivity index (χ0) is 14.5. The first-order valence-corrected chi connectivity index (χ1v) is 7.97. The molecule has 0 saturated carbocycles. The van der Waals surface area contributed by atoms with Crippen LogP contribution >= 0.6 is 15.9 Å². The normalized spacial score (nSPS) is 18.8. The van der Waals surface area contributed by atoms with Crippen LogP contribution < -0.4 is 0 Å². The highest BCUT2D eigenvalue weighted by Crippen LogP contribution is 2.21. The van der Waals surface area contributed by atoms with Crippen LogP contribution in [-0.2, 0) is 16.0 Å². The van der Waals surface area contributed by atoms with Crippen LogP contribution in [0, 0.1) is 0 Å². The number of halogens is 1. The van der Waals surface area contributed by atoms with Gasteiger partial charge in [-0.05, 0) is 41.3 Å². The minimum absolute atomic E-state index is 0.0388. The number of hydrogen-bond donors (Lipinski definition) is 0. The Morgan fingerprint density at radius 3 is 3.05 bits per heavy atom. The highest BCUT2D eigenvalue weighted by molar-refractivity contribution is 9.10. The molecule has 1 fully saturated rings. The second-order valence-electron chi connectivity index (χ2n) is 5.05. The summed E-state index contributed by atoms with van der Waals surface area (Å²) < 4.78 is 14.1. The lowest BCUT2D eigenvalue weighted by Crippen LogP contribution is -2.24. The second-order valence-corrected chi connectivity index (χ2v) is 5.97. The van der Waals surface area contributed by atoms with E-state index < -0.39 is 0 Å². The largest absolute Gasteiger partial charge is 0.353 e. The summed E-state index contributed by atoms with van der Waals surface area (Å²) in [6, 6.07) is 2.03. The van der Waals surface area contributed by atoms with Gasteiger partial charge in [-0.15, -0.1) is 0 Å². The van der Waals surface area contributed by atoms with Crippen molar-refractivity contribution < 1.29 is 9.47 Å². The highest BCUT2D eigenvalue weighted by Gasteiger charge is 2.13. The summed E-state index contributed by atoms with van der Waals surface area (Å²) in [4.78, 5) is 4.17. The Morgan fingerprint density at radius 2 is 2.24 bits per heavy atom. The van der Waals surface area contributed by atoms with Crippen molar-refractivity contribution in [1.29, 1.82) is 0 Å². The van der Waals surface area contributed by atoms with Crippen molar-refractivity contribution in [3.8, 4) is 11.1 Å². The van der Waals surface area contributed by atoms with Crippen LogP contribution in [0.5, 0.6) is 0 Å². The minimum atomic E-state index is -0.0388. The van der Waals surface area contributed by atoms with Crippen LogP contribution in [0.2, 0.25) is 0 Å². The molecule has 3 heterocycles. The molecule has 0 radical (unpaired) electrons. The predicted octanol–water partition coefficient (Wildman–Crippen LogP) is 3.25. The number of pyridine rings is 1. The third-order valence-corrected chi connectivity index (χ3v) is 3.87. The summed E-state index contributed by atoms with van der Waals surface area (Å²) in [5.41, 5.74) is 2.10. The summed E-state index contributed by atoms with van der Waals surface area (Å²) in [5, 5.41) is 4.36. The Bertz CT molecular complexity index is 582. The van der Waals surface area contributed by atoms with Gasteiger partial charge in [-0.2, -0.15) is 5.10 Å². The van der Waals surface area contributed by atoms with E-state index >= 15 is 0 Å². The van der Waals surface area contributed by atoms with E-state index in [1.54, 1.807) is 6.20 Å². The predicted molar refractivity (Wildman–Crippen MR) is 82.7 cm³/mol. The molecule has 2 aromatic heterocycles. The molecular weight excluding hydrogens is 334 g/mol. The van der Waals surface area contributed by atoms with Crippen molar-refractivity contribution in [3.63, 3.8) is 0 Å². The summed E-state index contributed by atoms with van der Waals surface area (Å²) in [6.45, 7) is 2.15. The zero-order valence-electron chi connectivity index (χ0n) is 11.7. The highest BCUT2D eigenvalue weighted by atomic mass is 79.9. The number of hydrogen-bond acceptors (Lipinski definition) is 4. The van der Waals surface area contributed by atoms with Gasteiger partial charge in [0.25, 0.3) is 0 Å². The van der Waals surface area contributed by atoms with Crippen LogP contribution in [0.4, 0.5) is 0 Å². The molecule has 1 saturated heterocycles. The van der Waals surface area contributed by atoms with E-state index in [1.165, 1.54) is 6.42 Å². The van der Waals surface area contributed by atoms with Gasteiger partial charge in [0, 0.05) is 40.8 Å². The third-order valence-electron chi connectivity index (χ3n) is 3.43. The van der Waals surface area contributed by atoms with Crippen LogP contribution in [0.15, 0.2) is 35.3 Å². The molecule has 0 N–H and O–H groups in total. The van der Waals surface area contributed by atoms with E-state index in [0.29, 0.717) is 6.61 Å². The third kappa shape index (κ3) is 4.12. The molecule has 1 atom stereocenters. The van der Waals surface area contributed by atoms with Gasteiger partial charge in [0.1, 0.15) is 0 Å². The maximum Gasteiger partial charge on any atom is 0.157 e. The first-order chi connectivity index (χ1) is 10.3.